The van der Waals surface area contributed by atoms with E-state index in [1.807, 2.05) is 13.8 Å². The molecule has 0 aliphatic heterocycles. The molecule has 0 unspecified atom stereocenters. The summed E-state index contributed by atoms with van der Waals surface area (Å²) in [6, 6.07) is 0.305. The van der Waals surface area contributed by atoms with Crippen LogP contribution in [0.25, 0.3) is 0 Å². The summed E-state index contributed by atoms with van der Waals surface area (Å²) in [4.78, 5) is 0. The van der Waals surface area contributed by atoms with Crippen LogP contribution >= 0.6 is 0 Å². The molecular weight excluding hydrogens is 226 g/mol. The largest absolute Gasteiger partial charge is 0.328 e. The van der Waals surface area contributed by atoms with Gasteiger partial charge in [-0.05, 0) is 25.7 Å². The molecule has 0 heterocycles. The van der Waals surface area contributed by atoms with Crippen molar-refractivity contribution in [2.75, 3.05) is 13.1 Å². The standard InChI is InChI=1S/C10H23N3O2S/c1-3-13(4-2)16(14,15)12-10-7-5-9(11)6-8-10/h9-10,12H,3-8,11H2,1-2H3. The molecule has 0 atom stereocenters. The molecule has 3 N–H and O–H groups in total. The van der Waals surface area contributed by atoms with Crippen molar-refractivity contribution >= 4 is 10.2 Å². The Labute approximate surface area is 98.6 Å². The van der Waals surface area contributed by atoms with Gasteiger partial charge in [0, 0.05) is 25.2 Å². The smallest absolute Gasteiger partial charge is 0.279 e. The number of hydrogen-bond acceptors (Lipinski definition) is 3. The lowest BCUT2D eigenvalue weighted by Gasteiger charge is -2.29. The van der Waals surface area contributed by atoms with Crippen molar-refractivity contribution in [3.8, 4) is 0 Å². The van der Waals surface area contributed by atoms with Gasteiger partial charge in [-0.3, -0.25) is 0 Å². The van der Waals surface area contributed by atoms with E-state index in [1.54, 1.807) is 0 Å². The summed E-state index contributed by atoms with van der Waals surface area (Å²) in [6.07, 6.45) is 3.51. The minimum absolute atomic E-state index is 0.0606. The molecule has 0 aromatic carbocycles. The monoisotopic (exact) mass is 249 g/mol. The van der Waals surface area contributed by atoms with Crippen molar-refractivity contribution in [2.24, 2.45) is 5.73 Å². The highest BCUT2D eigenvalue weighted by molar-refractivity contribution is 7.87. The topological polar surface area (TPSA) is 75.4 Å². The van der Waals surface area contributed by atoms with Crippen molar-refractivity contribution in [3.05, 3.63) is 0 Å². The van der Waals surface area contributed by atoms with E-state index >= 15 is 0 Å². The van der Waals surface area contributed by atoms with Crippen LogP contribution in [0.5, 0.6) is 0 Å². The van der Waals surface area contributed by atoms with Crippen LogP contribution in [0.15, 0.2) is 0 Å². The average molecular weight is 249 g/mol. The van der Waals surface area contributed by atoms with E-state index in [-0.39, 0.29) is 12.1 Å². The summed E-state index contributed by atoms with van der Waals surface area (Å²) in [5.74, 6) is 0. The number of nitrogens with two attached hydrogens (primary N) is 1. The number of nitrogens with one attached hydrogen (secondary N) is 1. The summed E-state index contributed by atoms with van der Waals surface area (Å²) in [5.41, 5.74) is 5.79. The van der Waals surface area contributed by atoms with Crippen LogP contribution in [0.1, 0.15) is 39.5 Å². The lowest BCUT2D eigenvalue weighted by molar-refractivity contribution is 0.358. The second kappa shape index (κ2) is 5.95. The molecule has 0 aromatic rings. The maximum absolute atomic E-state index is 11.9. The van der Waals surface area contributed by atoms with Gasteiger partial charge in [-0.25, -0.2) is 0 Å². The summed E-state index contributed by atoms with van der Waals surface area (Å²) in [5, 5.41) is 0. The van der Waals surface area contributed by atoms with E-state index in [9.17, 15) is 8.42 Å². The Morgan fingerprint density at radius 1 is 1.19 bits per heavy atom. The number of hydrogen-bond donors (Lipinski definition) is 2. The van der Waals surface area contributed by atoms with Gasteiger partial charge in [-0.2, -0.15) is 17.4 Å². The molecule has 6 heteroatoms. The highest BCUT2D eigenvalue weighted by Crippen LogP contribution is 2.18. The summed E-state index contributed by atoms with van der Waals surface area (Å²) >= 11 is 0. The fourth-order valence-corrected chi connectivity index (χ4v) is 3.57. The molecule has 1 aliphatic carbocycles. The fraction of sp³-hybridized carbons (Fsp3) is 1.00. The van der Waals surface area contributed by atoms with E-state index < -0.39 is 10.2 Å². The second-order valence-corrected chi connectivity index (χ2v) is 6.02. The average Bonchev–Trinajstić information content (AvgIpc) is 2.22. The highest BCUT2D eigenvalue weighted by atomic mass is 32.2. The highest BCUT2D eigenvalue weighted by Gasteiger charge is 2.25. The van der Waals surface area contributed by atoms with E-state index in [2.05, 4.69) is 4.72 Å². The van der Waals surface area contributed by atoms with Gasteiger partial charge < -0.3 is 5.73 Å². The molecule has 0 radical (unpaired) electrons. The van der Waals surface area contributed by atoms with Crippen LogP contribution in [0.2, 0.25) is 0 Å². The molecule has 0 bridgehead atoms. The maximum atomic E-state index is 11.9. The molecule has 1 rings (SSSR count). The molecule has 1 saturated carbocycles. The zero-order valence-electron chi connectivity index (χ0n) is 10.1. The first-order valence-electron chi connectivity index (χ1n) is 6.02. The minimum atomic E-state index is -3.30. The number of rotatable bonds is 5. The van der Waals surface area contributed by atoms with Crippen molar-refractivity contribution in [1.82, 2.24) is 9.03 Å². The maximum Gasteiger partial charge on any atom is 0.279 e. The normalized spacial score (nSPS) is 27.2. The van der Waals surface area contributed by atoms with E-state index in [0.717, 1.165) is 25.7 Å². The lowest BCUT2D eigenvalue weighted by atomic mass is 9.93. The molecule has 1 fully saturated rings. The minimum Gasteiger partial charge on any atom is -0.328 e. The summed E-state index contributed by atoms with van der Waals surface area (Å²) in [7, 11) is -3.30. The van der Waals surface area contributed by atoms with Gasteiger partial charge in [0.2, 0.25) is 0 Å². The number of nitrogens with zero attached hydrogens (tertiary/aromatic N) is 1. The van der Waals surface area contributed by atoms with E-state index in [0.29, 0.717) is 13.1 Å². The van der Waals surface area contributed by atoms with Crippen molar-refractivity contribution in [1.29, 1.82) is 0 Å². The van der Waals surface area contributed by atoms with Gasteiger partial charge in [-0.1, -0.05) is 13.8 Å². The Morgan fingerprint density at radius 3 is 2.12 bits per heavy atom. The van der Waals surface area contributed by atoms with Gasteiger partial charge in [0.05, 0.1) is 0 Å². The van der Waals surface area contributed by atoms with E-state index in [4.69, 9.17) is 5.73 Å². The Hall–Kier alpha value is -0.170. The molecule has 0 aromatic heterocycles. The Kier molecular flexibility index (Phi) is 5.17. The lowest BCUT2D eigenvalue weighted by Crippen LogP contribution is -2.47. The van der Waals surface area contributed by atoms with Crippen LogP contribution in [0, 0.1) is 0 Å². The van der Waals surface area contributed by atoms with E-state index in [1.165, 1.54) is 4.31 Å². The third kappa shape index (κ3) is 3.69. The second-order valence-electron chi connectivity index (χ2n) is 4.32. The quantitative estimate of drug-likeness (QED) is 0.742. The van der Waals surface area contributed by atoms with Crippen LogP contribution in [-0.4, -0.2) is 37.9 Å². The van der Waals surface area contributed by atoms with Crippen molar-refractivity contribution in [3.63, 3.8) is 0 Å². The first kappa shape index (κ1) is 13.9. The van der Waals surface area contributed by atoms with Crippen molar-refractivity contribution < 1.29 is 8.42 Å². The summed E-state index contributed by atoms with van der Waals surface area (Å²) < 4.78 is 28.1. The van der Waals surface area contributed by atoms with Crippen LogP contribution in [0.3, 0.4) is 0 Å². The van der Waals surface area contributed by atoms with Gasteiger partial charge >= 0.3 is 0 Å². The SMILES string of the molecule is CCN(CC)S(=O)(=O)NC1CCC(N)CC1. The molecule has 0 saturated heterocycles. The van der Waals surface area contributed by atoms with Crippen LogP contribution in [-0.2, 0) is 10.2 Å². The molecule has 16 heavy (non-hydrogen) atoms. The molecule has 96 valence electrons. The third-order valence-corrected chi connectivity index (χ3v) is 4.96. The fourth-order valence-electron chi connectivity index (χ4n) is 2.09. The van der Waals surface area contributed by atoms with Gasteiger partial charge in [0.15, 0.2) is 0 Å². The summed E-state index contributed by atoms with van der Waals surface area (Å²) in [6.45, 7) is 4.72. The Balaban J connectivity index is 2.52. The van der Waals surface area contributed by atoms with Crippen molar-refractivity contribution in [2.45, 2.75) is 51.6 Å². The predicted molar refractivity (Wildman–Crippen MR) is 65.2 cm³/mol. The van der Waals surface area contributed by atoms with Gasteiger partial charge in [0.25, 0.3) is 10.2 Å². The predicted octanol–water partition coefficient (Wildman–Crippen LogP) is 0.433. The molecule has 5 nitrogen and oxygen atoms in total. The molecule has 0 spiro atoms. The molecule has 0 amide bonds. The zero-order valence-corrected chi connectivity index (χ0v) is 11.0. The van der Waals surface area contributed by atoms with Gasteiger partial charge in [0.1, 0.15) is 0 Å². The first-order valence-corrected chi connectivity index (χ1v) is 7.46. The molecule has 1 aliphatic rings. The Morgan fingerprint density at radius 2 is 1.69 bits per heavy atom. The van der Waals surface area contributed by atoms with Crippen LogP contribution in [0.4, 0.5) is 0 Å². The first-order chi connectivity index (χ1) is 7.49. The van der Waals surface area contributed by atoms with Crippen LogP contribution < -0.4 is 10.5 Å². The van der Waals surface area contributed by atoms with Gasteiger partial charge in [-0.15, -0.1) is 0 Å². The molecular formula is C10H23N3O2S. The zero-order chi connectivity index (χ0) is 12.2. The Bertz CT molecular complexity index is 293. The third-order valence-electron chi connectivity index (χ3n) is 3.13.